The molecule has 0 spiro atoms. The minimum atomic E-state index is -0.851. The number of aryl methyl sites for hydroxylation is 2. The van der Waals surface area contributed by atoms with Crippen LogP contribution in [0.25, 0.3) is 10.9 Å². The van der Waals surface area contributed by atoms with E-state index < -0.39 is 5.79 Å². The molecule has 1 atom stereocenters. The van der Waals surface area contributed by atoms with Crippen LogP contribution in [0, 0.1) is 6.92 Å². The van der Waals surface area contributed by atoms with Gasteiger partial charge in [-0.15, -0.1) is 0 Å². The van der Waals surface area contributed by atoms with E-state index in [1.54, 1.807) is 19.4 Å². The van der Waals surface area contributed by atoms with Crippen LogP contribution in [0.4, 0.5) is 0 Å². The first-order valence-electron chi connectivity index (χ1n) is 7.24. The van der Waals surface area contributed by atoms with Gasteiger partial charge in [0, 0.05) is 29.7 Å². The van der Waals surface area contributed by atoms with E-state index in [9.17, 15) is 0 Å². The molecule has 3 rings (SSSR count). The fourth-order valence-electron chi connectivity index (χ4n) is 2.79. The molecule has 0 aliphatic carbocycles. The van der Waals surface area contributed by atoms with Crippen molar-refractivity contribution in [1.82, 2.24) is 10.3 Å². The number of amidine groups is 1. The number of ether oxygens (including phenoxy) is 1. The molecule has 0 fully saturated rings. The van der Waals surface area contributed by atoms with E-state index in [1.165, 1.54) is 5.56 Å². The summed E-state index contributed by atoms with van der Waals surface area (Å²) in [5.74, 6) is 0.447. The van der Waals surface area contributed by atoms with Gasteiger partial charge in [-0.3, -0.25) is 5.73 Å². The summed E-state index contributed by atoms with van der Waals surface area (Å²) in [7, 11) is 1.68. The highest BCUT2D eigenvalue weighted by atomic mass is 16.5. The van der Waals surface area contributed by atoms with Crippen molar-refractivity contribution in [2.24, 2.45) is 16.5 Å². The van der Waals surface area contributed by atoms with E-state index in [-0.39, 0.29) is 0 Å². The van der Waals surface area contributed by atoms with Gasteiger partial charge in [0.2, 0.25) is 0 Å². The molecule has 0 radical (unpaired) electrons. The number of H-pyrrole nitrogens is 1. The lowest BCUT2D eigenvalue weighted by Gasteiger charge is -2.28. The molecule has 0 amide bonds. The van der Waals surface area contributed by atoms with Crippen molar-refractivity contribution < 1.29 is 4.74 Å². The lowest BCUT2D eigenvalue weighted by Crippen LogP contribution is -2.52. The van der Waals surface area contributed by atoms with Crippen molar-refractivity contribution in [3.05, 3.63) is 41.7 Å². The summed E-state index contributed by atoms with van der Waals surface area (Å²) in [5.41, 5.74) is 15.4. The van der Waals surface area contributed by atoms with E-state index >= 15 is 0 Å². The Bertz CT molecular complexity index is 761. The minimum absolute atomic E-state index is 0.442. The lowest BCUT2D eigenvalue weighted by atomic mass is 10.0. The molecule has 1 aromatic heterocycles. The molecular weight excluding hydrogens is 278 g/mol. The van der Waals surface area contributed by atoms with Gasteiger partial charge in [0.15, 0.2) is 5.79 Å². The standard InChI is InChI=1S/C16H21N5O/c1-10-7-12(22-2)8-13-11(9-19-15(10)13)3-5-16(18)20-6-4-14(17)21-16/h4,6-9,19-20H,3,5,18H2,1-2H3,(H2,17,21). The summed E-state index contributed by atoms with van der Waals surface area (Å²) in [4.78, 5) is 7.61. The topological polar surface area (TPSA) is 101 Å². The number of methoxy groups -OCH3 is 1. The van der Waals surface area contributed by atoms with Crippen molar-refractivity contribution in [3.63, 3.8) is 0 Å². The molecule has 0 bridgehead atoms. The number of nitrogens with one attached hydrogen (secondary N) is 2. The van der Waals surface area contributed by atoms with Crippen LogP contribution in [0.2, 0.25) is 0 Å². The van der Waals surface area contributed by atoms with Crippen LogP contribution >= 0.6 is 0 Å². The predicted molar refractivity (Wildman–Crippen MR) is 88.7 cm³/mol. The second-order valence-electron chi connectivity index (χ2n) is 5.62. The molecule has 22 heavy (non-hydrogen) atoms. The van der Waals surface area contributed by atoms with Crippen LogP contribution in [-0.4, -0.2) is 23.7 Å². The Kier molecular flexibility index (Phi) is 3.54. The second kappa shape index (κ2) is 5.38. The average Bonchev–Trinajstić information content (AvgIpc) is 2.88. The van der Waals surface area contributed by atoms with Crippen molar-refractivity contribution in [1.29, 1.82) is 0 Å². The Labute approximate surface area is 129 Å². The molecule has 116 valence electrons. The van der Waals surface area contributed by atoms with Gasteiger partial charge in [0.25, 0.3) is 0 Å². The van der Waals surface area contributed by atoms with Crippen LogP contribution in [0.15, 0.2) is 35.6 Å². The predicted octanol–water partition coefficient (Wildman–Crippen LogP) is 1.50. The van der Waals surface area contributed by atoms with Crippen LogP contribution in [0.5, 0.6) is 5.75 Å². The first-order valence-corrected chi connectivity index (χ1v) is 7.24. The number of benzene rings is 1. The third-order valence-electron chi connectivity index (χ3n) is 3.97. The Morgan fingerprint density at radius 1 is 1.36 bits per heavy atom. The Morgan fingerprint density at radius 3 is 2.91 bits per heavy atom. The summed E-state index contributed by atoms with van der Waals surface area (Å²) in [5, 5.41) is 4.22. The molecule has 6 heteroatoms. The van der Waals surface area contributed by atoms with Crippen molar-refractivity contribution >= 4 is 16.7 Å². The van der Waals surface area contributed by atoms with Gasteiger partial charge in [-0.1, -0.05) is 0 Å². The smallest absolute Gasteiger partial charge is 0.184 e. The molecule has 1 aliphatic heterocycles. The maximum absolute atomic E-state index is 6.23. The van der Waals surface area contributed by atoms with Crippen molar-refractivity contribution in [2.45, 2.75) is 25.6 Å². The van der Waals surface area contributed by atoms with E-state index in [2.05, 4.69) is 22.2 Å². The van der Waals surface area contributed by atoms with E-state index in [1.807, 2.05) is 18.3 Å². The fraction of sp³-hybridized carbons (Fsp3) is 0.312. The molecule has 1 aliphatic rings. The molecule has 2 heterocycles. The van der Waals surface area contributed by atoms with E-state index in [0.717, 1.165) is 28.6 Å². The second-order valence-corrected chi connectivity index (χ2v) is 5.62. The van der Waals surface area contributed by atoms with Crippen LogP contribution in [0.3, 0.4) is 0 Å². The minimum Gasteiger partial charge on any atom is -0.497 e. The number of hydrogen-bond donors (Lipinski definition) is 4. The number of fused-ring (bicyclic) bond motifs is 1. The quantitative estimate of drug-likeness (QED) is 0.687. The molecule has 1 unspecified atom stereocenters. The van der Waals surface area contributed by atoms with Gasteiger partial charge in [0.1, 0.15) is 11.6 Å². The third-order valence-corrected chi connectivity index (χ3v) is 3.97. The summed E-state index contributed by atoms with van der Waals surface area (Å²) in [6.07, 6.45) is 6.88. The number of nitrogens with zero attached hydrogens (tertiary/aromatic N) is 1. The average molecular weight is 299 g/mol. The van der Waals surface area contributed by atoms with Gasteiger partial charge < -0.3 is 20.8 Å². The Hall–Kier alpha value is -2.47. The zero-order chi connectivity index (χ0) is 15.7. The Morgan fingerprint density at radius 2 is 2.18 bits per heavy atom. The summed E-state index contributed by atoms with van der Waals surface area (Å²) in [6, 6.07) is 4.06. The van der Waals surface area contributed by atoms with Crippen LogP contribution in [0.1, 0.15) is 17.5 Å². The fourth-order valence-corrected chi connectivity index (χ4v) is 2.79. The number of aliphatic imine (C=N–C) groups is 1. The van der Waals surface area contributed by atoms with E-state index in [0.29, 0.717) is 12.3 Å². The SMILES string of the molecule is COc1cc(C)c2[nH]cc(CCC3(N)N=C(N)C=CN3)c2c1. The molecule has 0 saturated heterocycles. The number of rotatable bonds is 4. The summed E-state index contributed by atoms with van der Waals surface area (Å²) >= 11 is 0. The molecule has 2 aromatic rings. The number of hydrogen-bond acceptors (Lipinski definition) is 5. The van der Waals surface area contributed by atoms with Gasteiger partial charge in [0.05, 0.1) is 7.11 Å². The molecule has 1 aromatic carbocycles. The van der Waals surface area contributed by atoms with Crippen molar-refractivity contribution in [3.8, 4) is 5.75 Å². The monoisotopic (exact) mass is 299 g/mol. The molecule has 0 saturated carbocycles. The first-order chi connectivity index (χ1) is 10.5. The van der Waals surface area contributed by atoms with Crippen LogP contribution in [-0.2, 0) is 6.42 Å². The maximum Gasteiger partial charge on any atom is 0.184 e. The lowest BCUT2D eigenvalue weighted by molar-refractivity contribution is 0.364. The zero-order valence-electron chi connectivity index (χ0n) is 12.8. The normalized spacial score (nSPS) is 20.8. The van der Waals surface area contributed by atoms with Gasteiger partial charge in [-0.25, -0.2) is 4.99 Å². The summed E-state index contributed by atoms with van der Waals surface area (Å²) in [6.45, 7) is 2.06. The third kappa shape index (κ3) is 2.65. The van der Waals surface area contributed by atoms with E-state index in [4.69, 9.17) is 16.2 Å². The number of aromatic amines is 1. The van der Waals surface area contributed by atoms with Crippen molar-refractivity contribution in [2.75, 3.05) is 7.11 Å². The zero-order valence-corrected chi connectivity index (χ0v) is 12.8. The van der Waals surface area contributed by atoms with Crippen LogP contribution < -0.4 is 21.5 Å². The maximum atomic E-state index is 6.23. The molecule has 6 N–H and O–H groups in total. The summed E-state index contributed by atoms with van der Waals surface area (Å²) < 4.78 is 5.36. The largest absolute Gasteiger partial charge is 0.497 e. The Balaban J connectivity index is 1.86. The van der Waals surface area contributed by atoms with Gasteiger partial charge >= 0.3 is 0 Å². The highest BCUT2D eigenvalue weighted by Crippen LogP contribution is 2.28. The molecular formula is C16H21N5O. The first kappa shape index (κ1) is 14.5. The highest BCUT2D eigenvalue weighted by Gasteiger charge is 2.24. The van der Waals surface area contributed by atoms with Gasteiger partial charge in [-0.2, -0.15) is 0 Å². The highest BCUT2D eigenvalue weighted by molar-refractivity contribution is 5.92. The molecule has 6 nitrogen and oxygen atoms in total. The van der Waals surface area contributed by atoms with Gasteiger partial charge in [-0.05, 0) is 42.7 Å². The number of aromatic nitrogens is 1. The number of nitrogens with two attached hydrogens (primary N) is 2.